The van der Waals surface area contributed by atoms with E-state index in [1.165, 1.54) is 5.92 Å². The van der Waals surface area contributed by atoms with Crippen LogP contribution in [0, 0.1) is 5.92 Å². The van der Waals surface area contributed by atoms with Gasteiger partial charge in [0.05, 0.1) is 0 Å². The fourth-order valence-electron chi connectivity index (χ4n) is 0.513. The standard InChI is InChI=1S/C7H14NO/c1-3-6(2)4-5-7(8)9/h3-5H2,1-2H3,(H2,8,9). The number of hydrogen-bond acceptors (Lipinski definition) is 1. The zero-order chi connectivity index (χ0) is 7.28. The normalized spacial score (nSPS) is 10.1. The molecular weight excluding hydrogens is 114 g/mol. The third-order valence-corrected chi connectivity index (χ3v) is 1.40. The Hall–Kier alpha value is -0.530. The predicted molar refractivity (Wildman–Crippen MR) is 37.6 cm³/mol. The van der Waals surface area contributed by atoms with Crippen LogP contribution in [0.1, 0.15) is 33.1 Å². The van der Waals surface area contributed by atoms with Gasteiger partial charge in [0.2, 0.25) is 5.91 Å². The van der Waals surface area contributed by atoms with E-state index >= 15 is 0 Å². The molecule has 0 aliphatic rings. The van der Waals surface area contributed by atoms with E-state index in [2.05, 4.69) is 6.92 Å². The lowest BCUT2D eigenvalue weighted by molar-refractivity contribution is -0.118. The highest BCUT2D eigenvalue weighted by molar-refractivity contribution is 5.73. The van der Waals surface area contributed by atoms with E-state index in [1.54, 1.807) is 0 Å². The third-order valence-electron chi connectivity index (χ3n) is 1.40. The molecule has 1 radical (unpaired) electrons. The van der Waals surface area contributed by atoms with Gasteiger partial charge in [-0.1, -0.05) is 20.3 Å². The molecule has 53 valence electrons. The molecule has 0 saturated heterocycles. The summed E-state index contributed by atoms with van der Waals surface area (Å²) in [4.78, 5) is 10.2. The van der Waals surface area contributed by atoms with Crippen LogP contribution in [-0.2, 0) is 4.79 Å². The summed E-state index contributed by atoms with van der Waals surface area (Å²) in [5, 5.41) is 0. The number of primary amides is 1. The van der Waals surface area contributed by atoms with Crippen molar-refractivity contribution in [2.75, 3.05) is 0 Å². The van der Waals surface area contributed by atoms with Crippen molar-refractivity contribution in [1.82, 2.24) is 0 Å². The van der Waals surface area contributed by atoms with E-state index in [9.17, 15) is 4.79 Å². The molecule has 0 atom stereocenters. The van der Waals surface area contributed by atoms with Gasteiger partial charge in [-0.3, -0.25) is 4.79 Å². The van der Waals surface area contributed by atoms with Gasteiger partial charge in [0.25, 0.3) is 0 Å². The number of amides is 1. The minimum atomic E-state index is -0.206. The van der Waals surface area contributed by atoms with Gasteiger partial charge in [-0.25, -0.2) is 0 Å². The fraction of sp³-hybridized carbons (Fsp3) is 0.714. The summed E-state index contributed by atoms with van der Waals surface area (Å²) in [6.07, 6.45) is 2.40. The molecule has 2 N–H and O–H groups in total. The van der Waals surface area contributed by atoms with Gasteiger partial charge in [-0.2, -0.15) is 0 Å². The van der Waals surface area contributed by atoms with Gasteiger partial charge < -0.3 is 5.73 Å². The van der Waals surface area contributed by atoms with Crippen molar-refractivity contribution in [3.05, 3.63) is 5.92 Å². The highest BCUT2D eigenvalue weighted by atomic mass is 16.1. The summed E-state index contributed by atoms with van der Waals surface area (Å²) in [5.74, 6) is 1.14. The highest BCUT2D eigenvalue weighted by Gasteiger charge is 2.00. The maximum Gasteiger partial charge on any atom is 0.217 e. The van der Waals surface area contributed by atoms with E-state index in [-0.39, 0.29) is 5.91 Å². The van der Waals surface area contributed by atoms with E-state index < -0.39 is 0 Å². The lowest BCUT2D eigenvalue weighted by Gasteiger charge is -2.03. The van der Waals surface area contributed by atoms with Gasteiger partial charge in [0.15, 0.2) is 0 Å². The maximum absolute atomic E-state index is 10.2. The van der Waals surface area contributed by atoms with Crippen LogP contribution in [-0.4, -0.2) is 5.91 Å². The van der Waals surface area contributed by atoms with Crippen molar-refractivity contribution in [2.45, 2.75) is 33.1 Å². The molecule has 0 aliphatic carbocycles. The molecule has 0 unspecified atom stereocenters. The molecular formula is C7H14NO. The first-order valence-electron chi connectivity index (χ1n) is 3.26. The van der Waals surface area contributed by atoms with Crippen molar-refractivity contribution in [3.63, 3.8) is 0 Å². The van der Waals surface area contributed by atoms with Crippen LogP contribution in [0.3, 0.4) is 0 Å². The Morgan fingerprint density at radius 1 is 1.44 bits per heavy atom. The van der Waals surface area contributed by atoms with Crippen LogP contribution in [0.15, 0.2) is 0 Å². The van der Waals surface area contributed by atoms with Gasteiger partial charge >= 0.3 is 0 Å². The molecule has 0 aromatic carbocycles. The molecule has 0 saturated carbocycles. The molecule has 0 heterocycles. The van der Waals surface area contributed by atoms with Crippen LogP contribution < -0.4 is 5.73 Å². The first-order valence-corrected chi connectivity index (χ1v) is 3.26. The molecule has 0 rings (SSSR count). The maximum atomic E-state index is 10.2. The Morgan fingerprint density at radius 3 is 2.33 bits per heavy atom. The molecule has 0 aromatic rings. The van der Waals surface area contributed by atoms with Crippen molar-refractivity contribution in [2.24, 2.45) is 5.73 Å². The molecule has 2 nitrogen and oxygen atoms in total. The van der Waals surface area contributed by atoms with Crippen LogP contribution in [0.5, 0.6) is 0 Å². The van der Waals surface area contributed by atoms with Gasteiger partial charge in [0, 0.05) is 6.42 Å². The molecule has 2 heteroatoms. The van der Waals surface area contributed by atoms with Crippen LogP contribution in [0.2, 0.25) is 0 Å². The lowest BCUT2D eigenvalue weighted by Crippen LogP contribution is -2.10. The van der Waals surface area contributed by atoms with E-state index in [1.807, 2.05) is 6.92 Å². The minimum Gasteiger partial charge on any atom is -0.370 e. The number of nitrogens with two attached hydrogens (primary N) is 1. The minimum absolute atomic E-state index is 0.206. The number of carbonyl (C=O) groups is 1. The van der Waals surface area contributed by atoms with Crippen molar-refractivity contribution < 1.29 is 4.79 Å². The SMILES string of the molecule is CC[C](C)CCC(N)=O. The summed E-state index contributed by atoms with van der Waals surface area (Å²) in [5.41, 5.74) is 4.94. The summed E-state index contributed by atoms with van der Waals surface area (Å²) in [7, 11) is 0. The van der Waals surface area contributed by atoms with Crippen molar-refractivity contribution in [3.8, 4) is 0 Å². The topological polar surface area (TPSA) is 43.1 Å². The Kier molecular flexibility index (Phi) is 4.10. The smallest absolute Gasteiger partial charge is 0.217 e. The number of rotatable bonds is 4. The lowest BCUT2D eigenvalue weighted by atomic mass is 10.0. The van der Waals surface area contributed by atoms with Gasteiger partial charge in [-0.05, 0) is 12.3 Å². The summed E-state index contributed by atoms with van der Waals surface area (Å²) >= 11 is 0. The van der Waals surface area contributed by atoms with Crippen LogP contribution in [0.25, 0.3) is 0 Å². The second kappa shape index (κ2) is 4.36. The highest BCUT2D eigenvalue weighted by Crippen LogP contribution is 2.10. The van der Waals surface area contributed by atoms with Gasteiger partial charge in [0.1, 0.15) is 0 Å². The number of carbonyl (C=O) groups excluding carboxylic acids is 1. The van der Waals surface area contributed by atoms with Crippen molar-refractivity contribution in [1.29, 1.82) is 0 Å². The Labute approximate surface area is 56.4 Å². The molecule has 0 fully saturated rings. The second-order valence-corrected chi connectivity index (χ2v) is 2.28. The monoisotopic (exact) mass is 128 g/mol. The van der Waals surface area contributed by atoms with E-state index in [4.69, 9.17) is 5.73 Å². The largest absolute Gasteiger partial charge is 0.370 e. The van der Waals surface area contributed by atoms with Crippen molar-refractivity contribution >= 4 is 5.91 Å². The average Bonchev–Trinajstić information content (AvgIpc) is 1.83. The molecule has 0 aliphatic heterocycles. The number of hydrogen-bond donors (Lipinski definition) is 1. The summed E-state index contributed by atoms with van der Waals surface area (Å²) in [6, 6.07) is 0. The molecule has 0 spiro atoms. The second-order valence-electron chi connectivity index (χ2n) is 2.28. The Morgan fingerprint density at radius 2 is 2.00 bits per heavy atom. The average molecular weight is 128 g/mol. The first-order chi connectivity index (χ1) is 4.16. The van der Waals surface area contributed by atoms with Gasteiger partial charge in [-0.15, -0.1) is 0 Å². The Bertz CT molecular complexity index is 90.9. The first kappa shape index (κ1) is 8.47. The third kappa shape index (κ3) is 5.34. The molecule has 0 bridgehead atoms. The Balaban J connectivity index is 3.16. The van der Waals surface area contributed by atoms with Crippen LogP contribution >= 0.6 is 0 Å². The molecule has 0 aromatic heterocycles. The van der Waals surface area contributed by atoms with Crippen LogP contribution in [0.4, 0.5) is 0 Å². The zero-order valence-corrected chi connectivity index (χ0v) is 6.11. The zero-order valence-electron chi connectivity index (χ0n) is 6.11. The quantitative estimate of drug-likeness (QED) is 0.608. The molecule has 1 amide bonds. The van der Waals surface area contributed by atoms with E-state index in [0.29, 0.717) is 6.42 Å². The summed E-state index contributed by atoms with van der Waals surface area (Å²) < 4.78 is 0. The molecule has 9 heavy (non-hydrogen) atoms. The predicted octanol–water partition coefficient (Wildman–Crippen LogP) is 1.26. The van der Waals surface area contributed by atoms with E-state index in [0.717, 1.165) is 12.8 Å². The summed E-state index contributed by atoms with van der Waals surface area (Å²) in [6.45, 7) is 4.12. The fourth-order valence-corrected chi connectivity index (χ4v) is 0.513.